The van der Waals surface area contributed by atoms with Gasteiger partial charge in [-0.15, -0.1) is 0 Å². The van der Waals surface area contributed by atoms with Crippen LogP contribution in [0.25, 0.3) is 11.3 Å². The van der Waals surface area contributed by atoms with Crippen LogP contribution in [-0.2, 0) is 11.3 Å². The zero-order chi connectivity index (χ0) is 37.8. The molecule has 0 saturated heterocycles. The van der Waals surface area contributed by atoms with Gasteiger partial charge in [-0.2, -0.15) is 5.10 Å². The van der Waals surface area contributed by atoms with Crippen LogP contribution >= 0.6 is 46.6 Å². The van der Waals surface area contributed by atoms with Crippen LogP contribution in [0, 0.1) is 6.92 Å². The predicted octanol–water partition coefficient (Wildman–Crippen LogP) is 13.1. The Morgan fingerprint density at radius 2 is 1.79 bits per heavy atom. The summed E-state index contributed by atoms with van der Waals surface area (Å²) in [6.07, 6.45) is 15.7. The molecule has 0 aliphatic rings. The van der Waals surface area contributed by atoms with Gasteiger partial charge in [0.2, 0.25) is 0 Å². The van der Waals surface area contributed by atoms with E-state index < -0.39 is 0 Å². The van der Waals surface area contributed by atoms with Crippen molar-refractivity contribution in [3.8, 4) is 11.3 Å². The minimum atomic E-state index is 0.388. The molecule has 0 amide bonds. The summed E-state index contributed by atoms with van der Waals surface area (Å²) < 4.78 is 7.42. The SMILES string of the molecule is C/C=C(C)\C=C/CC.C/C=C/Cl.C=C(Cl)Cn1ncc(C=O)c1-c1cccc(C)c1.C=CS/C(Cl)=C\CC.CC.CCC(COC)NC. The summed E-state index contributed by atoms with van der Waals surface area (Å²) in [6.45, 7) is 26.7. The molecule has 1 unspecified atom stereocenters. The van der Waals surface area contributed by atoms with Crippen LogP contribution in [0.2, 0.25) is 0 Å². The first-order chi connectivity index (χ1) is 23.0. The highest BCUT2D eigenvalue weighted by atomic mass is 35.5. The van der Waals surface area contributed by atoms with Gasteiger partial charge in [-0.3, -0.25) is 9.48 Å². The predicted molar refractivity (Wildman–Crippen MR) is 221 cm³/mol. The van der Waals surface area contributed by atoms with E-state index in [1.54, 1.807) is 29.5 Å². The van der Waals surface area contributed by atoms with Crippen molar-refractivity contribution in [1.82, 2.24) is 15.1 Å². The fraction of sp³-hybridized carbons (Fsp3) is 0.436. The number of rotatable bonds is 13. The molecule has 1 atom stereocenters. The molecule has 2 rings (SSSR count). The van der Waals surface area contributed by atoms with Gasteiger partial charge in [0.25, 0.3) is 0 Å². The Labute approximate surface area is 313 Å². The molecule has 0 aliphatic heterocycles. The monoisotopic (exact) mass is 741 g/mol. The maximum Gasteiger partial charge on any atom is 0.153 e. The lowest BCUT2D eigenvalue weighted by Crippen LogP contribution is -2.28. The molecule has 0 radical (unpaired) electrons. The molecular weight excluding hydrogens is 681 g/mol. The Bertz CT molecular complexity index is 1200. The van der Waals surface area contributed by atoms with Crippen molar-refractivity contribution < 1.29 is 9.53 Å². The van der Waals surface area contributed by atoms with E-state index in [9.17, 15) is 4.79 Å². The summed E-state index contributed by atoms with van der Waals surface area (Å²) in [5.41, 5.74) is 6.22. The Morgan fingerprint density at radius 3 is 2.17 bits per heavy atom. The smallest absolute Gasteiger partial charge is 0.153 e. The lowest BCUT2D eigenvalue weighted by Gasteiger charge is -2.10. The van der Waals surface area contributed by atoms with Crippen molar-refractivity contribution in [2.75, 3.05) is 20.8 Å². The number of benzene rings is 1. The highest BCUT2D eigenvalue weighted by Gasteiger charge is 2.13. The van der Waals surface area contributed by atoms with Gasteiger partial charge in [0, 0.05) is 23.7 Å². The first kappa shape index (κ1) is 52.5. The van der Waals surface area contributed by atoms with Gasteiger partial charge >= 0.3 is 0 Å². The third kappa shape index (κ3) is 31.0. The number of likely N-dealkylation sites (N-methyl/N-ethyl adjacent to an activating group) is 1. The van der Waals surface area contributed by atoms with Gasteiger partial charge < -0.3 is 10.1 Å². The average molecular weight is 743 g/mol. The van der Waals surface area contributed by atoms with Gasteiger partial charge in [-0.25, -0.2) is 0 Å². The summed E-state index contributed by atoms with van der Waals surface area (Å²) in [7, 11) is 3.67. The highest BCUT2D eigenvalue weighted by molar-refractivity contribution is 8.07. The number of nitrogens with zero attached hydrogens (tertiary/aromatic N) is 2. The van der Waals surface area contributed by atoms with Crippen molar-refractivity contribution in [3.05, 3.63) is 111 Å². The van der Waals surface area contributed by atoms with Crippen LogP contribution in [0.15, 0.2) is 99.9 Å². The third-order valence-electron chi connectivity index (χ3n) is 5.63. The zero-order valence-electron chi connectivity index (χ0n) is 31.3. The van der Waals surface area contributed by atoms with Crippen LogP contribution in [0.5, 0.6) is 0 Å². The third-order valence-corrected chi connectivity index (χ3v) is 6.99. The molecule has 9 heteroatoms. The van der Waals surface area contributed by atoms with E-state index in [1.807, 2.05) is 72.0 Å². The number of aldehydes is 1. The van der Waals surface area contributed by atoms with Crippen LogP contribution in [0.4, 0.5) is 0 Å². The largest absolute Gasteiger partial charge is 0.383 e. The second-order valence-electron chi connectivity index (χ2n) is 9.46. The maximum atomic E-state index is 11.1. The van der Waals surface area contributed by atoms with E-state index in [0.29, 0.717) is 23.2 Å². The van der Waals surface area contributed by atoms with Gasteiger partial charge in [0.15, 0.2) is 6.29 Å². The molecular formula is C39H62Cl3N3O2S. The highest BCUT2D eigenvalue weighted by Crippen LogP contribution is 2.24. The first-order valence-electron chi connectivity index (χ1n) is 16.2. The Balaban J connectivity index is -0.000000275. The van der Waals surface area contributed by atoms with E-state index in [1.165, 1.54) is 22.9 Å². The molecule has 5 nitrogen and oxygen atoms in total. The molecule has 0 aliphatic carbocycles. The maximum absolute atomic E-state index is 11.1. The normalized spacial score (nSPS) is 11.2. The Morgan fingerprint density at radius 1 is 1.17 bits per heavy atom. The van der Waals surface area contributed by atoms with Gasteiger partial charge in [0.1, 0.15) is 0 Å². The van der Waals surface area contributed by atoms with Crippen molar-refractivity contribution in [1.29, 1.82) is 0 Å². The summed E-state index contributed by atoms with van der Waals surface area (Å²) in [6, 6.07) is 8.44. The number of aryl methyl sites for hydroxylation is 1. The van der Waals surface area contributed by atoms with Crippen molar-refractivity contribution in [2.24, 2.45) is 0 Å². The van der Waals surface area contributed by atoms with Gasteiger partial charge in [-0.05, 0) is 71.0 Å². The molecule has 1 aromatic heterocycles. The summed E-state index contributed by atoms with van der Waals surface area (Å²) in [5, 5.41) is 9.49. The fourth-order valence-corrected chi connectivity index (χ4v) is 4.05. The number of carbonyl (C=O) groups is 1. The van der Waals surface area contributed by atoms with Crippen LogP contribution in [0.1, 0.15) is 90.6 Å². The van der Waals surface area contributed by atoms with E-state index in [0.717, 1.165) is 53.3 Å². The van der Waals surface area contributed by atoms with Crippen LogP contribution in [-0.4, -0.2) is 42.9 Å². The van der Waals surface area contributed by atoms with Crippen LogP contribution < -0.4 is 5.32 Å². The lowest BCUT2D eigenvalue weighted by molar-refractivity contribution is 0.112. The summed E-state index contributed by atoms with van der Waals surface area (Å²) in [4.78, 5) is 11.1. The Kier molecular flexibility index (Phi) is 42.8. The minimum Gasteiger partial charge on any atom is -0.383 e. The number of hydrogen-bond donors (Lipinski definition) is 1. The van der Waals surface area contributed by atoms with Crippen molar-refractivity contribution >= 4 is 52.9 Å². The topological polar surface area (TPSA) is 56.2 Å². The quantitative estimate of drug-likeness (QED) is 0.164. The second kappa shape index (κ2) is 39.1. The van der Waals surface area contributed by atoms with Crippen LogP contribution in [0.3, 0.4) is 0 Å². The van der Waals surface area contributed by atoms with E-state index in [4.69, 9.17) is 39.5 Å². The number of thioether (sulfide) groups is 1. The molecule has 1 N–H and O–H groups in total. The number of methoxy groups -OCH3 is 1. The van der Waals surface area contributed by atoms with Gasteiger partial charge in [0.05, 0.1) is 35.0 Å². The zero-order valence-corrected chi connectivity index (χ0v) is 34.4. The average Bonchev–Trinajstić information content (AvgIpc) is 3.50. The number of allylic oxidation sites excluding steroid dienone is 7. The number of halogens is 3. The Hall–Kier alpha value is -2.32. The van der Waals surface area contributed by atoms with Crippen molar-refractivity contribution in [2.45, 2.75) is 94.2 Å². The lowest BCUT2D eigenvalue weighted by atomic mass is 10.1. The van der Waals surface area contributed by atoms with E-state index in [2.05, 4.69) is 69.5 Å². The molecule has 0 bridgehead atoms. The molecule has 2 aromatic rings. The number of ether oxygens (including phenoxy) is 1. The molecule has 48 heavy (non-hydrogen) atoms. The second-order valence-corrected chi connectivity index (χ2v) is 11.9. The first-order valence-corrected chi connectivity index (χ1v) is 18.3. The number of carbonyl (C=O) groups excluding carboxylic acids is 1. The summed E-state index contributed by atoms with van der Waals surface area (Å²) in [5.74, 6) is 0. The number of aromatic nitrogens is 2. The molecule has 0 fully saturated rings. The van der Waals surface area contributed by atoms with E-state index in [-0.39, 0.29) is 0 Å². The number of nitrogens with one attached hydrogen (secondary N) is 1. The minimum absolute atomic E-state index is 0.388. The number of hydrogen-bond acceptors (Lipinski definition) is 5. The van der Waals surface area contributed by atoms with Gasteiger partial charge in [-0.1, -0.05) is 154 Å². The molecule has 0 spiro atoms. The molecule has 1 heterocycles. The van der Waals surface area contributed by atoms with E-state index >= 15 is 0 Å². The van der Waals surface area contributed by atoms with Crippen molar-refractivity contribution in [3.63, 3.8) is 0 Å². The summed E-state index contributed by atoms with van der Waals surface area (Å²) >= 11 is 17.9. The molecule has 1 aromatic carbocycles. The molecule has 272 valence electrons. The fourth-order valence-electron chi connectivity index (χ4n) is 3.17. The standard InChI is InChI=1S/C14H13ClN2O.C8H14.C6H9ClS.C6H15NO.C3H5Cl.C2H6/c1-10-4-3-5-12(6-10)14-13(9-18)7-16-17(14)8-11(2)15;1-4-6-7-8(3)5-2;1-3-5-6(7)8-4-2;1-4-6(7-2)5-8-3;1-2-3-4;1-2/h3-7,9H,2,8H2,1H3;5-7H,4H2,1-3H3;4-5H,2-3H2,1H3;6-7H,4-5H2,1-3H3;2-3H,1H3;1-2H3/b;7-6-,8-5-;6-5-;;3-2+;. The molecule has 0 saturated carbocycles.